The van der Waals surface area contributed by atoms with Crippen molar-refractivity contribution in [2.24, 2.45) is 11.8 Å². The summed E-state index contributed by atoms with van der Waals surface area (Å²) in [7, 11) is 0. The number of nitrogens with zero attached hydrogens (tertiary/aromatic N) is 4. The number of benzene rings is 1. The number of nitrogens with one attached hydrogen (secondary N) is 2. The van der Waals surface area contributed by atoms with E-state index in [-0.39, 0.29) is 5.41 Å². The molecule has 1 aromatic heterocycles. The quantitative estimate of drug-likeness (QED) is 0.358. The van der Waals surface area contributed by atoms with Gasteiger partial charge in [-0.15, -0.1) is 0 Å². The Hall–Kier alpha value is -2.12. The third-order valence-electron chi connectivity index (χ3n) is 8.90. The third kappa shape index (κ3) is 7.35. The molecule has 2 aromatic rings. The number of rotatable bonds is 6. The van der Waals surface area contributed by atoms with Crippen LogP contribution in [0.1, 0.15) is 83.6 Å². The third-order valence-corrected chi connectivity index (χ3v) is 9.40. The average Bonchev–Trinajstić information content (AvgIpc) is 3.22. The van der Waals surface area contributed by atoms with E-state index in [4.69, 9.17) is 33.8 Å². The van der Waals surface area contributed by atoms with Gasteiger partial charge in [0.15, 0.2) is 5.11 Å². The first kappa shape index (κ1) is 28.4. The predicted octanol–water partition coefficient (Wildman–Crippen LogP) is 7.18. The van der Waals surface area contributed by atoms with Gasteiger partial charge in [-0.1, -0.05) is 69.7 Å². The van der Waals surface area contributed by atoms with Crippen LogP contribution in [-0.2, 0) is 5.41 Å². The van der Waals surface area contributed by atoms with E-state index in [1.165, 1.54) is 56.9 Å². The Morgan fingerprint density at radius 3 is 2.13 bits per heavy atom. The van der Waals surface area contributed by atoms with E-state index in [1.807, 2.05) is 12.1 Å². The highest BCUT2D eigenvalue weighted by Gasteiger charge is 2.34. The van der Waals surface area contributed by atoms with Gasteiger partial charge in [0.2, 0.25) is 5.95 Å². The Balaban J connectivity index is 1.34. The summed E-state index contributed by atoms with van der Waals surface area (Å²) in [5.41, 5.74) is 1.41. The summed E-state index contributed by atoms with van der Waals surface area (Å²) in [6.45, 7) is 9.66. The summed E-state index contributed by atoms with van der Waals surface area (Å²) in [6, 6.07) is 10.6. The number of thiocarbonyl (C=S) groups is 1. The van der Waals surface area contributed by atoms with E-state index in [0.29, 0.717) is 22.9 Å². The molecular weight excluding hydrogens is 524 g/mol. The highest BCUT2D eigenvalue weighted by molar-refractivity contribution is 7.80. The highest BCUT2D eigenvalue weighted by Crippen LogP contribution is 2.39. The molecule has 8 heteroatoms. The van der Waals surface area contributed by atoms with Gasteiger partial charge >= 0.3 is 0 Å². The molecule has 6 nitrogen and oxygen atoms in total. The van der Waals surface area contributed by atoms with Gasteiger partial charge in [-0.05, 0) is 73.9 Å². The predicted molar refractivity (Wildman–Crippen MR) is 168 cm³/mol. The smallest absolute Gasteiger partial charge is 0.232 e. The second-order valence-electron chi connectivity index (χ2n) is 12.3. The molecule has 3 heterocycles. The number of halogens is 1. The van der Waals surface area contributed by atoms with Gasteiger partial charge < -0.3 is 20.4 Å². The molecule has 2 atom stereocenters. The largest absolute Gasteiger partial charge is 0.361 e. The molecule has 212 valence electrons. The molecule has 2 N–H and O–H groups in total. The van der Waals surface area contributed by atoms with E-state index in [2.05, 4.69) is 52.5 Å². The normalized spacial score (nSPS) is 23.7. The van der Waals surface area contributed by atoms with Crippen LogP contribution in [0.4, 0.5) is 17.6 Å². The number of aromatic nitrogens is 2. The first-order valence-corrected chi connectivity index (χ1v) is 15.9. The maximum absolute atomic E-state index is 6.21. The van der Waals surface area contributed by atoms with Gasteiger partial charge in [0.1, 0.15) is 11.6 Å². The van der Waals surface area contributed by atoms with Crippen molar-refractivity contribution < 1.29 is 0 Å². The Morgan fingerprint density at radius 2 is 1.49 bits per heavy atom. The van der Waals surface area contributed by atoms with Crippen LogP contribution in [0, 0.1) is 11.8 Å². The monoisotopic (exact) mass is 568 g/mol. The zero-order valence-electron chi connectivity index (χ0n) is 23.7. The summed E-state index contributed by atoms with van der Waals surface area (Å²) >= 11 is 12.0. The van der Waals surface area contributed by atoms with Crippen molar-refractivity contribution in [2.75, 3.05) is 47.8 Å². The molecule has 1 aliphatic carbocycles. The van der Waals surface area contributed by atoms with Gasteiger partial charge in [0.05, 0.1) is 0 Å². The summed E-state index contributed by atoms with van der Waals surface area (Å²) in [4.78, 5) is 14.9. The lowest BCUT2D eigenvalue weighted by atomic mass is 9.69. The van der Waals surface area contributed by atoms with E-state index < -0.39 is 0 Å². The van der Waals surface area contributed by atoms with Crippen molar-refractivity contribution in [1.29, 1.82) is 0 Å². The van der Waals surface area contributed by atoms with Crippen LogP contribution in [0.25, 0.3) is 0 Å². The van der Waals surface area contributed by atoms with Crippen LogP contribution in [0.15, 0.2) is 30.3 Å². The van der Waals surface area contributed by atoms with Crippen LogP contribution in [-0.4, -0.2) is 47.8 Å². The topological polar surface area (TPSA) is 56.3 Å². The number of anilines is 3. The fourth-order valence-corrected chi connectivity index (χ4v) is 7.24. The fourth-order valence-electron chi connectivity index (χ4n) is 6.95. The molecule has 3 fully saturated rings. The molecule has 0 spiro atoms. The summed E-state index contributed by atoms with van der Waals surface area (Å²) in [6.07, 6.45) is 12.4. The Morgan fingerprint density at radius 1 is 0.897 bits per heavy atom. The molecule has 39 heavy (non-hydrogen) atoms. The lowest BCUT2D eigenvalue weighted by Gasteiger charge is -2.38. The van der Waals surface area contributed by atoms with Crippen molar-refractivity contribution >= 4 is 46.5 Å². The Labute approximate surface area is 245 Å². The zero-order valence-corrected chi connectivity index (χ0v) is 25.3. The summed E-state index contributed by atoms with van der Waals surface area (Å²) in [5.74, 6) is 3.94. The summed E-state index contributed by atoms with van der Waals surface area (Å²) < 4.78 is 0. The number of hydrogen-bond donors (Lipinski definition) is 2. The molecule has 0 unspecified atom stereocenters. The first-order valence-electron chi connectivity index (χ1n) is 15.1. The Bertz CT molecular complexity index is 1080. The number of piperidine rings is 1. The molecule has 2 aliphatic heterocycles. The molecule has 0 amide bonds. The fraction of sp³-hybridized carbons (Fsp3) is 0.645. The lowest BCUT2D eigenvalue weighted by molar-refractivity contribution is 0.292. The van der Waals surface area contributed by atoms with Crippen molar-refractivity contribution in [3.8, 4) is 0 Å². The van der Waals surface area contributed by atoms with Crippen LogP contribution < -0.4 is 20.4 Å². The van der Waals surface area contributed by atoms with Gasteiger partial charge in [-0.2, -0.15) is 9.97 Å². The zero-order chi connectivity index (χ0) is 27.2. The SMILES string of the molecule is C[C@@H]1C[C@@H](C)CN(c2cc(N3CCCCCC3)nc(NC(=S)NCC3(c4ccc(Cl)cc4)CCCCC3)n2)C1. The van der Waals surface area contributed by atoms with Crippen molar-refractivity contribution in [3.63, 3.8) is 0 Å². The molecule has 2 saturated heterocycles. The van der Waals surface area contributed by atoms with Gasteiger partial charge in [-0.3, -0.25) is 0 Å². The molecular formula is C31H45ClN6S. The maximum atomic E-state index is 6.21. The van der Waals surface area contributed by atoms with Gasteiger partial charge in [0.25, 0.3) is 0 Å². The molecule has 0 radical (unpaired) electrons. The minimum Gasteiger partial charge on any atom is -0.361 e. The number of hydrogen-bond acceptors (Lipinski definition) is 5. The average molecular weight is 569 g/mol. The molecule has 1 aromatic carbocycles. The van der Waals surface area contributed by atoms with E-state index in [1.54, 1.807) is 0 Å². The van der Waals surface area contributed by atoms with Crippen LogP contribution in [0.3, 0.4) is 0 Å². The van der Waals surface area contributed by atoms with Gasteiger partial charge in [0, 0.05) is 49.2 Å². The van der Waals surface area contributed by atoms with Crippen molar-refractivity contribution in [1.82, 2.24) is 15.3 Å². The van der Waals surface area contributed by atoms with Gasteiger partial charge in [-0.25, -0.2) is 0 Å². The first-order chi connectivity index (χ1) is 18.9. The molecule has 1 saturated carbocycles. The molecule has 0 bridgehead atoms. The van der Waals surface area contributed by atoms with Crippen LogP contribution in [0.5, 0.6) is 0 Å². The van der Waals surface area contributed by atoms with Crippen LogP contribution in [0.2, 0.25) is 5.02 Å². The lowest BCUT2D eigenvalue weighted by Crippen LogP contribution is -2.44. The minimum atomic E-state index is 0.0641. The van der Waals surface area contributed by atoms with Crippen molar-refractivity contribution in [2.45, 2.75) is 83.5 Å². The second-order valence-corrected chi connectivity index (χ2v) is 13.2. The highest BCUT2D eigenvalue weighted by atomic mass is 35.5. The van der Waals surface area contributed by atoms with Crippen molar-refractivity contribution in [3.05, 3.63) is 40.9 Å². The van der Waals surface area contributed by atoms with E-state index in [0.717, 1.165) is 62.2 Å². The maximum Gasteiger partial charge on any atom is 0.232 e. The van der Waals surface area contributed by atoms with E-state index in [9.17, 15) is 0 Å². The minimum absolute atomic E-state index is 0.0641. The second kappa shape index (κ2) is 13.0. The molecule has 5 rings (SSSR count). The molecule has 3 aliphatic rings. The van der Waals surface area contributed by atoms with Crippen LogP contribution >= 0.6 is 23.8 Å². The summed E-state index contributed by atoms with van der Waals surface area (Å²) in [5, 5.41) is 8.31. The van der Waals surface area contributed by atoms with E-state index >= 15 is 0 Å². The standard InChI is InChI=1S/C31H45ClN6S/c1-23-18-24(2)21-38(20-23)28-19-27(37-16-8-3-4-9-17-37)34-29(35-28)36-30(39)33-22-31(14-6-5-7-15-31)25-10-12-26(32)13-11-25/h10-13,19,23-24H,3-9,14-18,20-22H2,1-2H3,(H2,33,34,35,36,39)/t23-,24-/m1/s1. The Kier molecular flexibility index (Phi) is 9.49.